The van der Waals surface area contributed by atoms with Crippen LogP contribution in [0.3, 0.4) is 0 Å². The van der Waals surface area contributed by atoms with Crippen LogP contribution >= 0.6 is 0 Å². The molecule has 1 aliphatic heterocycles. The normalized spacial score (nSPS) is 17.5. The average Bonchev–Trinajstić information content (AvgIpc) is 2.48. The number of nitrogens with two attached hydrogens (primary N) is 1. The Labute approximate surface area is 127 Å². The third-order valence-corrected chi connectivity index (χ3v) is 3.55. The number of ether oxygens (including phenoxy) is 3. The van der Waals surface area contributed by atoms with Crippen molar-refractivity contribution in [3.63, 3.8) is 0 Å². The molecule has 1 atom stereocenters. The van der Waals surface area contributed by atoms with Crippen molar-refractivity contribution in [2.45, 2.75) is 19.4 Å². The Balaban J connectivity index is 1.90. The van der Waals surface area contributed by atoms with Gasteiger partial charge in [-0.1, -0.05) is 6.07 Å². The Bertz CT molecular complexity index is 432. The van der Waals surface area contributed by atoms with E-state index in [1.54, 1.807) is 7.11 Å². The van der Waals surface area contributed by atoms with Crippen LogP contribution in [-0.2, 0) is 11.2 Å². The van der Waals surface area contributed by atoms with Gasteiger partial charge in [0.2, 0.25) is 0 Å². The minimum Gasteiger partial charge on any atom is -0.493 e. The molecule has 0 spiro atoms. The molecule has 1 aromatic rings. The van der Waals surface area contributed by atoms with E-state index >= 15 is 0 Å². The lowest BCUT2D eigenvalue weighted by Crippen LogP contribution is -2.38. The molecule has 118 valence electrons. The van der Waals surface area contributed by atoms with E-state index in [1.165, 1.54) is 5.56 Å². The maximum absolute atomic E-state index is 5.90. The number of benzene rings is 1. The molecule has 1 saturated heterocycles. The zero-order valence-electron chi connectivity index (χ0n) is 13.0. The molecular weight excluding hydrogens is 268 g/mol. The van der Waals surface area contributed by atoms with Gasteiger partial charge in [-0.3, -0.25) is 4.90 Å². The summed E-state index contributed by atoms with van der Waals surface area (Å²) in [4.78, 5) is 2.35. The molecule has 0 aliphatic carbocycles. The predicted octanol–water partition coefficient (Wildman–Crippen LogP) is 1.30. The number of morpholine rings is 1. The smallest absolute Gasteiger partial charge is 0.161 e. The quantitative estimate of drug-likeness (QED) is 0.821. The summed E-state index contributed by atoms with van der Waals surface area (Å²) < 4.78 is 16.6. The van der Waals surface area contributed by atoms with Gasteiger partial charge in [0.05, 0.1) is 20.3 Å². The van der Waals surface area contributed by atoms with Gasteiger partial charge in [-0.15, -0.1) is 0 Å². The van der Waals surface area contributed by atoms with Gasteiger partial charge >= 0.3 is 0 Å². The third kappa shape index (κ3) is 5.19. The SMILES string of the molecule is COc1ccc(CC(C)N)cc1OCCN1CCOCC1. The molecule has 0 saturated carbocycles. The highest BCUT2D eigenvalue weighted by molar-refractivity contribution is 5.43. The Morgan fingerprint density at radius 1 is 1.29 bits per heavy atom. The second-order valence-corrected chi connectivity index (χ2v) is 5.47. The topological polar surface area (TPSA) is 57.0 Å². The lowest BCUT2D eigenvalue weighted by Gasteiger charge is -2.26. The fraction of sp³-hybridized carbons (Fsp3) is 0.625. The summed E-state index contributed by atoms with van der Waals surface area (Å²) in [5.41, 5.74) is 7.03. The van der Waals surface area contributed by atoms with Crippen molar-refractivity contribution in [3.05, 3.63) is 23.8 Å². The number of hydrogen-bond donors (Lipinski definition) is 1. The molecule has 0 amide bonds. The lowest BCUT2D eigenvalue weighted by atomic mass is 10.1. The molecule has 1 unspecified atom stereocenters. The second kappa shape index (κ2) is 8.22. The maximum Gasteiger partial charge on any atom is 0.161 e. The molecule has 21 heavy (non-hydrogen) atoms. The number of nitrogens with zero attached hydrogens (tertiary/aromatic N) is 1. The molecule has 2 N–H and O–H groups in total. The summed E-state index contributed by atoms with van der Waals surface area (Å²) in [5, 5.41) is 0. The van der Waals surface area contributed by atoms with E-state index in [2.05, 4.69) is 4.90 Å². The first-order chi connectivity index (χ1) is 10.2. The van der Waals surface area contributed by atoms with Crippen LogP contribution in [0.4, 0.5) is 0 Å². The molecule has 0 aromatic heterocycles. The molecule has 5 heteroatoms. The van der Waals surface area contributed by atoms with Crippen molar-refractivity contribution in [1.82, 2.24) is 4.90 Å². The van der Waals surface area contributed by atoms with Gasteiger partial charge in [0, 0.05) is 25.7 Å². The van der Waals surface area contributed by atoms with Crippen LogP contribution in [0.1, 0.15) is 12.5 Å². The predicted molar refractivity (Wildman–Crippen MR) is 83.1 cm³/mol. The van der Waals surface area contributed by atoms with Crippen molar-refractivity contribution < 1.29 is 14.2 Å². The summed E-state index contributed by atoms with van der Waals surface area (Å²) in [6.45, 7) is 7.14. The van der Waals surface area contributed by atoms with Gasteiger partial charge in [0.15, 0.2) is 11.5 Å². The molecule has 1 heterocycles. The number of rotatable bonds is 7. The van der Waals surface area contributed by atoms with Crippen molar-refractivity contribution in [1.29, 1.82) is 0 Å². The van der Waals surface area contributed by atoms with Gasteiger partial charge in [-0.25, -0.2) is 0 Å². The lowest BCUT2D eigenvalue weighted by molar-refractivity contribution is 0.0321. The first kappa shape index (κ1) is 16.1. The highest BCUT2D eigenvalue weighted by Crippen LogP contribution is 2.28. The van der Waals surface area contributed by atoms with Gasteiger partial charge in [0.1, 0.15) is 6.61 Å². The number of hydrogen-bond acceptors (Lipinski definition) is 5. The van der Waals surface area contributed by atoms with E-state index in [0.29, 0.717) is 6.61 Å². The molecule has 1 aliphatic rings. The fourth-order valence-corrected chi connectivity index (χ4v) is 2.44. The molecular formula is C16H26N2O3. The van der Waals surface area contributed by atoms with E-state index in [-0.39, 0.29) is 6.04 Å². The maximum atomic E-state index is 5.90. The van der Waals surface area contributed by atoms with Crippen LogP contribution in [0.2, 0.25) is 0 Å². The minimum absolute atomic E-state index is 0.139. The minimum atomic E-state index is 0.139. The summed E-state index contributed by atoms with van der Waals surface area (Å²) >= 11 is 0. The third-order valence-electron chi connectivity index (χ3n) is 3.55. The van der Waals surface area contributed by atoms with Crippen molar-refractivity contribution >= 4 is 0 Å². The van der Waals surface area contributed by atoms with Crippen molar-refractivity contribution in [2.24, 2.45) is 5.73 Å². The van der Waals surface area contributed by atoms with Gasteiger partial charge in [0.25, 0.3) is 0 Å². The molecule has 0 bridgehead atoms. The number of methoxy groups -OCH3 is 1. The highest BCUT2D eigenvalue weighted by atomic mass is 16.5. The second-order valence-electron chi connectivity index (χ2n) is 5.47. The van der Waals surface area contributed by atoms with Gasteiger partial charge < -0.3 is 19.9 Å². The van der Waals surface area contributed by atoms with E-state index in [9.17, 15) is 0 Å². The van der Waals surface area contributed by atoms with Crippen LogP contribution in [0.25, 0.3) is 0 Å². The van der Waals surface area contributed by atoms with Crippen LogP contribution in [0, 0.1) is 0 Å². The van der Waals surface area contributed by atoms with Crippen LogP contribution in [-0.4, -0.2) is 57.5 Å². The Morgan fingerprint density at radius 3 is 2.71 bits per heavy atom. The van der Waals surface area contributed by atoms with Crippen LogP contribution < -0.4 is 15.2 Å². The zero-order valence-corrected chi connectivity index (χ0v) is 13.0. The summed E-state index contributed by atoms with van der Waals surface area (Å²) in [6, 6.07) is 6.15. The van der Waals surface area contributed by atoms with Crippen molar-refractivity contribution in [2.75, 3.05) is 46.6 Å². The Hall–Kier alpha value is -1.30. The molecule has 0 radical (unpaired) electrons. The van der Waals surface area contributed by atoms with Crippen molar-refractivity contribution in [3.8, 4) is 11.5 Å². The summed E-state index contributed by atoms with van der Waals surface area (Å²) in [7, 11) is 1.66. The Morgan fingerprint density at radius 2 is 2.05 bits per heavy atom. The van der Waals surface area contributed by atoms with E-state index in [0.717, 1.165) is 50.8 Å². The molecule has 2 rings (SSSR count). The van der Waals surface area contributed by atoms with Crippen LogP contribution in [0.5, 0.6) is 11.5 Å². The standard InChI is InChI=1S/C16H26N2O3/c1-13(17)11-14-3-4-15(19-2)16(12-14)21-10-7-18-5-8-20-9-6-18/h3-4,12-13H,5-11,17H2,1-2H3. The zero-order chi connectivity index (χ0) is 15.1. The molecule has 1 fully saturated rings. The van der Waals surface area contributed by atoms with E-state index in [1.807, 2.05) is 25.1 Å². The first-order valence-corrected chi connectivity index (χ1v) is 7.54. The summed E-state index contributed by atoms with van der Waals surface area (Å²) in [6.07, 6.45) is 0.837. The fourth-order valence-electron chi connectivity index (χ4n) is 2.44. The van der Waals surface area contributed by atoms with Crippen LogP contribution in [0.15, 0.2) is 18.2 Å². The average molecular weight is 294 g/mol. The molecule has 5 nitrogen and oxygen atoms in total. The van der Waals surface area contributed by atoms with E-state index < -0.39 is 0 Å². The Kier molecular flexibility index (Phi) is 6.29. The highest BCUT2D eigenvalue weighted by Gasteiger charge is 2.11. The monoisotopic (exact) mass is 294 g/mol. The largest absolute Gasteiger partial charge is 0.493 e. The first-order valence-electron chi connectivity index (χ1n) is 7.54. The van der Waals surface area contributed by atoms with E-state index in [4.69, 9.17) is 19.9 Å². The van der Waals surface area contributed by atoms with Gasteiger partial charge in [-0.05, 0) is 31.0 Å². The summed E-state index contributed by atoms with van der Waals surface area (Å²) in [5.74, 6) is 1.56. The molecule has 1 aromatic carbocycles. The van der Waals surface area contributed by atoms with Gasteiger partial charge in [-0.2, -0.15) is 0 Å².